The zero-order chi connectivity index (χ0) is 14.5. The molecule has 0 saturated carbocycles. The Morgan fingerprint density at radius 3 is 2.55 bits per heavy atom. The van der Waals surface area contributed by atoms with Crippen molar-refractivity contribution in [3.05, 3.63) is 46.7 Å². The van der Waals surface area contributed by atoms with Crippen LogP contribution in [-0.4, -0.2) is 23.6 Å². The van der Waals surface area contributed by atoms with Gasteiger partial charge in [0, 0.05) is 31.2 Å². The second kappa shape index (κ2) is 6.57. The number of aromatic nitrogens is 2. The lowest BCUT2D eigenvalue weighted by atomic mass is 10.2. The fourth-order valence-electron chi connectivity index (χ4n) is 1.96. The fourth-order valence-corrected chi connectivity index (χ4v) is 2.09. The first-order chi connectivity index (χ1) is 9.58. The molecule has 1 heterocycles. The molecule has 2 aromatic rings. The fraction of sp³-hybridized carbons (Fsp3) is 0.333. The van der Waals surface area contributed by atoms with Crippen LogP contribution < -0.4 is 10.2 Å². The molecule has 0 aliphatic rings. The van der Waals surface area contributed by atoms with E-state index in [9.17, 15) is 0 Å². The molecule has 5 heteroatoms. The van der Waals surface area contributed by atoms with Gasteiger partial charge in [-0.2, -0.15) is 0 Å². The molecule has 0 fully saturated rings. The average Bonchev–Trinajstić information content (AvgIpc) is 2.41. The van der Waals surface area contributed by atoms with Crippen LogP contribution in [0.25, 0.3) is 0 Å². The van der Waals surface area contributed by atoms with E-state index < -0.39 is 0 Å². The lowest BCUT2D eigenvalue weighted by Crippen LogP contribution is -2.18. The van der Waals surface area contributed by atoms with Gasteiger partial charge in [0.1, 0.15) is 17.5 Å². The van der Waals surface area contributed by atoms with Gasteiger partial charge in [0.05, 0.1) is 0 Å². The van der Waals surface area contributed by atoms with Crippen LogP contribution in [0.5, 0.6) is 0 Å². The molecular formula is C15H19ClN4. The first-order valence-electron chi connectivity index (χ1n) is 6.63. The van der Waals surface area contributed by atoms with Crippen molar-refractivity contribution in [2.24, 2.45) is 0 Å². The molecule has 106 valence electrons. The standard InChI is InChI=1S/C15H19ClN4/c1-4-17-14-9-15(19-11(2)18-14)20(3)10-12-5-7-13(16)8-6-12/h5-9H,4,10H2,1-3H3,(H,17,18,19). The van der Waals surface area contributed by atoms with Crippen LogP contribution in [-0.2, 0) is 6.54 Å². The van der Waals surface area contributed by atoms with Gasteiger partial charge in [0.25, 0.3) is 0 Å². The molecule has 0 unspecified atom stereocenters. The summed E-state index contributed by atoms with van der Waals surface area (Å²) in [7, 11) is 2.02. The van der Waals surface area contributed by atoms with Crippen molar-refractivity contribution in [3.63, 3.8) is 0 Å². The summed E-state index contributed by atoms with van der Waals surface area (Å²) >= 11 is 5.90. The molecule has 20 heavy (non-hydrogen) atoms. The Balaban J connectivity index is 2.15. The average molecular weight is 291 g/mol. The maximum atomic E-state index is 5.90. The minimum Gasteiger partial charge on any atom is -0.370 e. The van der Waals surface area contributed by atoms with Crippen LogP contribution >= 0.6 is 11.6 Å². The van der Waals surface area contributed by atoms with Gasteiger partial charge in [-0.25, -0.2) is 9.97 Å². The van der Waals surface area contributed by atoms with E-state index in [2.05, 4.69) is 27.1 Å². The van der Waals surface area contributed by atoms with E-state index in [0.717, 1.165) is 35.6 Å². The Kier molecular flexibility index (Phi) is 4.79. The predicted molar refractivity (Wildman–Crippen MR) is 84.5 cm³/mol. The van der Waals surface area contributed by atoms with Crippen LogP contribution in [0.2, 0.25) is 5.02 Å². The van der Waals surface area contributed by atoms with Crippen molar-refractivity contribution in [2.45, 2.75) is 20.4 Å². The minimum atomic E-state index is 0.753. The van der Waals surface area contributed by atoms with Crippen molar-refractivity contribution >= 4 is 23.2 Å². The lowest BCUT2D eigenvalue weighted by Gasteiger charge is -2.19. The van der Waals surface area contributed by atoms with Gasteiger partial charge in [-0.15, -0.1) is 0 Å². The molecule has 0 aliphatic carbocycles. The van der Waals surface area contributed by atoms with Crippen LogP contribution in [0.3, 0.4) is 0 Å². The zero-order valence-corrected chi connectivity index (χ0v) is 12.8. The molecular weight excluding hydrogens is 272 g/mol. The number of hydrogen-bond donors (Lipinski definition) is 1. The number of aryl methyl sites for hydroxylation is 1. The first-order valence-corrected chi connectivity index (χ1v) is 7.01. The van der Waals surface area contributed by atoms with Gasteiger partial charge in [0.15, 0.2) is 0 Å². The van der Waals surface area contributed by atoms with Gasteiger partial charge in [-0.05, 0) is 31.5 Å². The van der Waals surface area contributed by atoms with Crippen LogP contribution in [0.15, 0.2) is 30.3 Å². The second-order valence-corrected chi connectivity index (χ2v) is 5.11. The maximum Gasteiger partial charge on any atom is 0.134 e. The van der Waals surface area contributed by atoms with Gasteiger partial charge < -0.3 is 10.2 Å². The summed E-state index contributed by atoms with van der Waals surface area (Å²) < 4.78 is 0. The monoisotopic (exact) mass is 290 g/mol. The molecule has 1 N–H and O–H groups in total. The molecule has 0 radical (unpaired) electrons. The van der Waals surface area contributed by atoms with Gasteiger partial charge in [-0.3, -0.25) is 0 Å². The maximum absolute atomic E-state index is 5.90. The van der Waals surface area contributed by atoms with Crippen molar-refractivity contribution in [1.82, 2.24) is 9.97 Å². The van der Waals surface area contributed by atoms with Gasteiger partial charge in [0.2, 0.25) is 0 Å². The Labute approximate surface area is 124 Å². The van der Waals surface area contributed by atoms with E-state index in [1.54, 1.807) is 0 Å². The van der Waals surface area contributed by atoms with E-state index in [1.807, 2.05) is 44.3 Å². The molecule has 0 saturated heterocycles. The normalized spacial score (nSPS) is 10.4. The van der Waals surface area contributed by atoms with E-state index in [0.29, 0.717) is 0 Å². The highest BCUT2D eigenvalue weighted by molar-refractivity contribution is 6.30. The third-order valence-electron chi connectivity index (χ3n) is 2.91. The topological polar surface area (TPSA) is 41.0 Å². The van der Waals surface area contributed by atoms with Crippen LogP contribution in [0.4, 0.5) is 11.6 Å². The third kappa shape index (κ3) is 3.84. The van der Waals surface area contributed by atoms with E-state index >= 15 is 0 Å². The highest BCUT2D eigenvalue weighted by Gasteiger charge is 2.07. The number of nitrogens with one attached hydrogen (secondary N) is 1. The Morgan fingerprint density at radius 2 is 1.90 bits per heavy atom. The molecule has 1 aromatic heterocycles. The highest BCUT2D eigenvalue weighted by Crippen LogP contribution is 2.18. The quantitative estimate of drug-likeness (QED) is 0.915. The third-order valence-corrected chi connectivity index (χ3v) is 3.16. The number of halogens is 1. The summed E-state index contributed by atoms with van der Waals surface area (Å²) in [5, 5.41) is 3.97. The van der Waals surface area contributed by atoms with Crippen molar-refractivity contribution in [2.75, 3.05) is 23.8 Å². The number of nitrogens with zero attached hydrogens (tertiary/aromatic N) is 3. The van der Waals surface area contributed by atoms with E-state index in [4.69, 9.17) is 11.6 Å². The largest absolute Gasteiger partial charge is 0.370 e. The SMILES string of the molecule is CCNc1cc(N(C)Cc2ccc(Cl)cc2)nc(C)n1. The van der Waals surface area contributed by atoms with Crippen LogP contribution in [0.1, 0.15) is 18.3 Å². The summed E-state index contributed by atoms with van der Waals surface area (Å²) in [6, 6.07) is 9.82. The summed E-state index contributed by atoms with van der Waals surface area (Å²) in [5.74, 6) is 2.53. The zero-order valence-electron chi connectivity index (χ0n) is 12.0. The van der Waals surface area contributed by atoms with E-state index in [-0.39, 0.29) is 0 Å². The number of hydrogen-bond acceptors (Lipinski definition) is 4. The molecule has 4 nitrogen and oxygen atoms in total. The number of benzene rings is 1. The second-order valence-electron chi connectivity index (χ2n) is 4.67. The molecule has 1 aromatic carbocycles. The molecule has 0 amide bonds. The summed E-state index contributed by atoms with van der Waals surface area (Å²) in [4.78, 5) is 10.9. The minimum absolute atomic E-state index is 0.753. The summed E-state index contributed by atoms with van der Waals surface area (Å²) in [5.41, 5.74) is 1.19. The van der Waals surface area contributed by atoms with Gasteiger partial charge >= 0.3 is 0 Å². The first kappa shape index (κ1) is 14.6. The molecule has 0 aliphatic heterocycles. The van der Waals surface area contributed by atoms with E-state index in [1.165, 1.54) is 5.56 Å². The molecule has 0 bridgehead atoms. The predicted octanol–water partition coefficient (Wildman–Crippen LogP) is 3.51. The smallest absolute Gasteiger partial charge is 0.134 e. The Hall–Kier alpha value is -1.81. The van der Waals surface area contributed by atoms with Gasteiger partial charge in [-0.1, -0.05) is 23.7 Å². The summed E-state index contributed by atoms with van der Waals surface area (Å²) in [6.07, 6.45) is 0. The van der Waals surface area contributed by atoms with Crippen LogP contribution in [0, 0.1) is 6.92 Å². The number of anilines is 2. The molecule has 0 spiro atoms. The Morgan fingerprint density at radius 1 is 1.20 bits per heavy atom. The summed E-state index contributed by atoms with van der Waals surface area (Å²) in [6.45, 7) is 5.57. The highest BCUT2D eigenvalue weighted by atomic mass is 35.5. The van der Waals surface area contributed by atoms with Crippen molar-refractivity contribution in [3.8, 4) is 0 Å². The molecule has 2 rings (SSSR count). The molecule has 0 atom stereocenters. The lowest BCUT2D eigenvalue weighted by molar-refractivity contribution is 0.879. The van der Waals surface area contributed by atoms with Crippen molar-refractivity contribution in [1.29, 1.82) is 0 Å². The Bertz CT molecular complexity index is 569. The number of rotatable bonds is 5. The van der Waals surface area contributed by atoms with Crippen molar-refractivity contribution < 1.29 is 0 Å².